The molecular weight excluding hydrogens is 394 g/mol. The molecule has 1 amide bonds. The Balaban J connectivity index is 1.51. The summed E-state index contributed by atoms with van der Waals surface area (Å²) in [6, 6.07) is 13.0. The molecule has 0 bridgehead atoms. The van der Waals surface area contributed by atoms with Gasteiger partial charge >= 0.3 is 0 Å². The van der Waals surface area contributed by atoms with E-state index in [4.69, 9.17) is 0 Å². The minimum absolute atomic E-state index is 0.0862. The van der Waals surface area contributed by atoms with Crippen molar-refractivity contribution in [3.8, 4) is 0 Å². The third-order valence-corrected chi connectivity index (χ3v) is 7.42. The highest BCUT2D eigenvalue weighted by Gasteiger charge is 2.25. The Morgan fingerprint density at radius 3 is 2.39 bits per heavy atom. The standard InChI is InChI=1S/C20H25N3O3S2/c24-19(21-14-17-8-4-3-5-9-17)16-27-20-11-10-18(15-22-20)28(25,26)23-12-6-1-2-7-13-23/h3-5,8-11,15H,1-2,6-7,12-14,16H2,(H,21,24). The summed E-state index contributed by atoms with van der Waals surface area (Å²) < 4.78 is 27.1. The van der Waals surface area contributed by atoms with Gasteiger partial charge in [0.25, 0.3) is 0 Å². The van der Waals surface area contributed by atoms with Crippen molar-refractivity contribution >= 4 is 27.7 Å². The lowest BCUT2D eigenvalue weighted by molar-refractivity contribution is -0.118. The van der Waals surface area contributed by atoms with E-state index in [1.165, 1.54) is 18.0 Å². The molecule has 1 N–H and O–H groups in total. The Labute approximate surface area is 170 Å². The van der Waals surface area contributed by atoms with Crippen LogP contribution >= 0.6 is 11.8 Å². The number of aromatic nitrogens is 1. The van der Waals surface area contributed by atoms with Gasteiger partial charge in [-0.25, -0.2) is 13.4 Å². The number of thioether (sulfide) groups is 1. The summed E-state index contributed by atoms with van der Waals surface area (Å²) in [6.45, 7) is 1.63. The zero-order valence-corrected chi connectivity index (χ0v) is 17.3. The van der Waals surface area contributed by atoms with Crippen LogP contribution in [0.25, 0.3) is 0 Å². The number of carbonyl (C=O) groups is 1. The number of hydrogen-bond donors (Lipinski definition) is 1. The number of sulfonamides is 1. The van der Waals surface area contributed by atoms with Gasteiger partial charge in [0.2, 0.25) is 15.9 Å². The monoisotopic (exact) mass is 419 g/mol. The van der Waals surface area contributed by atoms with Crippen LogP contribution in [0.3, 0.4) is 0 Å². The van der Waals surface area contributed by atoms with Gasteiger partial charge in [0, 0.05) is 25.8 Å². The minimum Gasteiger partial charge on any atom is -0.351 e. The van der Waals surface area contributed by atoms with Crippen LogP contribution in [0.2, 0.25) is 0 Å². The summed E-state index contributed by atoms with van der Waals surface area (Å²) in [5.41, 5.74) is 1.04. The lowest BCUT2D eigenvalue weighted by atomic mass is 10.2. The maximum Gasteiger partial charge on any atom is 0.244 e. The van der Waals surface area contributed by atoms with Crippen molar-refractivity contribution in [3.63, 3.8) is 0 Å². The van der Waals surface area contributed by atoms with Crippen molar-refractivity contribution in [2.45, 2.75) is 42.1 Å². The number of amides is 1. The first-order valence-corrected chi connectivity index (χ1v) is 11.9. The number of benzene rings is 1. The molecule has 150 valence electrons. The summed E-state index contributed by atoms with van der Waals surface area (Å²) in [5.74, 6) is 0.148. The van der Waals surface area contributed by atoms with E-state index in [1.54, 1.807) is 16.4 Å². The third kappa shape index (κ3) is 5.80. The van der Waals surface area contributed by atoms with Gasteiger partial charge in [-0.2, -0.15) is 4.31 Å². The first-order chi connectivity index (χ1) is 13.6. The van der Waals surface area contributed by atoms with Crippen LogP contribution in [0.1, 0.15) is 31.2 Å². The van der Waals surface area contributed by atoms with Crippen molar-refractivity contribution in [2.75, 3.05) is 18.8 Å². The molecule has 2 heterocycles. The maximum absolute atomic E-state index is 12.8. The summed E-state index contributed by atoms with van der Waals surface area (Å²) in [6.07, 6.45) is 5.35. The van der Waals surface area contributed by atoms with Crippen molar-refractivity contribution in [1.29, 1.82) is 0 Å². The Kier molecular flexibility index (Phi) is 7.47. The van der Waals surface area contributed by atoms with Gasteiger partial charge in [-0.05, 0) is 30.5 Å². The van der Waals surface area contributed by atoms with Crippen LogP contribution in [0.15, 0.2) is 58.6 Å². The molecule has 1 aliphatic heterocycles. The van der Waals surface area contributed by atoms with Gasteiger partial charge in [-0.3, -0.25) is 4.79 Å². The van der Waals surface area contributed by atoms with E-state index >= 15 is 0 Å². The van der Waals surface area contributed by atoms with E-state index in [0.717, 1.165) is 31.2 Å². The summed E-state index contributed by atoms with van der Waals surface area (Å²) in [4.78, 5) is 16.4. The second-order valence-corrected chi connectivity index (χ2v) is 9.64. The summed E-state index contributed by atoms with van der Waals surface area (Å²) >= 11 is 1.29. The van der Waals surface area contributed by atoms with E-state index in [2.05, 4.69) is 10.3 Å². The average molecular weight is 420 g/mol. The molecule has 0 unspecified atom stereocenters. The predicted molar refractivity (Wildman–Crippen MR) is 110 cm³/mol. The lowest BCUT2D eigenvalue weighted by Gasteiger charge is -2.19. The Bertz CT molecular complexity index is 863. The minimum atomic E-state index is -3.49. The molecule has 0 atom stereocenters. The zero-order valence-electron chi connectivity index (χ0n) is 15.7. The van der Waals surface area contributed by atoms with Gasteiger partial charge in [-0.1, -0.05) is 54.9 Å². The number of hydrogen-bond acceptors (Lipinski definition) is 5. The first-order valence-electron chi connectivity index (χ1n) is 9.45. The zero-order chi connectivity index (χ0) is 19.8. The molecule has 28 heavy (non-hydrogen) atoms. The summed E-state index contributed by atoms with van der Waals surface area (Å²) in [7, 11) is -3.49. The number of nitrogens with zero attached hydrogens (tertiary/aromatic N) is 2. The molecule has 1 saturated heterocycles. The van der Waals surface area contributed by atoms with Crippen LogP contribution in [-0.4, -0.2) is 42.5 Å². The molecule has 2 aromatic rings. The van der Waals surface area contributed by atoms with Crippen molar-refractivity contribution in [3.05, 3.63) is 54.2 Å². The highest BCUT2D eigenvalue weighted by molar-refractivity contribution is 7.99. The molecule has 0 spiro atoms. The Morgan fingerprint density at radius 1 is 1.04 bits per heavy atom. The molecule has 0 saturated carbocycles. The fourth-order valence-electron chi connectivity index (χ4n) is 3.02. The maximum atomic E-state index is 12.8. The molecule has 0 radical (unpaired) electrons. The topological polar surface area (TPSA) is 79.4 Å². The predicted octanol–water partition coefficient (Wildman–Crippen LogP) is 3.05. The molecule has 1 aliphatic rings. The third-order valence-electron chi connectivity index (χ3n) is 4.60. The first kappa shape index (κ1) is 20.8. The van der Waals surface area contributed by atoms with Crippen LogP contribution in [0.5, 0.6) is 0 Å². The Morgan fingerprint density at radius 2 is 1.75 bits per heavy atom. The fourth-order valence-corrected chi connectivity index (χ4v) is 5.16. The largest absolute Gasteiger partial charge is 0.351 e. The average Bonchev–Trinajstić information content (AvgIpc) is 3.02. The highest BCUT2D eigenvalue weighted by Crippen LogP contribution is 2.22. The van der Waals surface area contributed by atoms with E-state index in [-0.39, 0.29) is 16.6 Å². The lowest BCUT2D eigenvalue weighted by Crippen LogP contribution is -2.32. The van der Waals surface area contributed by atoms with Crippen molar-refractivity contribution in [1.82, 2.24) is 14.6 Å². The molecule has 1 aromatic carbocycles. The van der Waals surface area contributed by atoms with E-state index < -0.39 is 10.0 Å². The molecule has 3 rings (SSSR count). The number of rotatable bonds is 7. The van der Waals surface area contributed by atoms with E-state index in [0.29, 0.717) is 24.7 Å². The second kappa shape index (κ2) is 10.0. The molecule has 1 aromatic heterocycles. The number of pyridine rings is 1. The Hall–Kier alpha value is -1.90. The van der Waals surface area contributed by atoms with Crippen molar-refractivity contribution in [2.24, 2.45) is 0 Å². The quantitative estimate of drug-likeness (QED) is 0.698. The highest BCUT2D eigenvalue weighted by atomic mass is 32.2. The van der Waals surface area contributed by atoms with Crippen LogP contribution in [0, 0.1) is 0 Å². The van der Waals surface area contributed by atoms with Gasteiger partial charge in [-0.15, -0.1) is 0 Å². The van der Waals surface area contributed by atoms with Crippen molar-refractivity contribution < 1.29 is 13.2 Å². The summed E-state index contributed by atoms with van der Waals surface area (Å²) in [5, 5.41) is 3.49. The van der Waals surface area contributed by atoms with Crippen LogP contribution in [0.4, 0.5) is 0 Å². The molecular formula is C20H25N3O3S2. The van der Waals surface area contributed by atoms with Gasteiger partial charge < -0.3 is 5.32 Å². The van der Waals surface area contributed by atoms with E-state index in [1.807, 2.05) is 30.3 Å². The second-order valence-electron chi connectivity index (χ2n) is 6.70. The number of carbonyl (C=O) groups excluding carboxylic acids is 1. The van der Waals surface area contributed by atoms with Gasteiger partial charge in [0.15, 0.2) is 0 Å². The molecule has 0 aliphatic carbocycles. The normalized spacial score (nSPS) is 15.7. The van der Waals surface area contributed by atoms with E-state index in [9.17, 15) is 13.2 Å². The molecule has 6 nitrogen and oxygen atoms in total. The number of nitrogens with one attached hydrogen (secondary N) is 1. The van der Waals surface area contributed by atoms with Gasteiger partial charge in [0.1, 0.15) is 4.90 Å². The van der Waals surface area contributed by atoms with Gasteiger partial charge in [0.05, 0.1) is 10.8 Å². The SMILES string of the molecule is O=C(CSc1ccc(S(=O)(=O)N2CCCCCC2)cn1)NCc1ccccc1. The fraction of sp³-hybridized carbons (Fsp3) is 0.400. The van der Waals surface area contributed by atoms with Crippen LogP contribution in [-0.2, 0) is 21.4 Å². The molecule has 8 heteroatoms. The van der Waals surface area contributed by atoms with Crippen LogP contribution < -0.4 is 5.32 Å². The smallest absolute Gasteiger partial charge is 0.244 e. The molecule has 1 fully saturated rings.